The van der Waals surface area contributed by atoms with Crippen molar-refractivity contribution < 1.29 is 49.7 Å². The number of aromatic nitrogens is 3. The highest BCUT2D eigenvalue weighted by molar-refractivity contribution is 7.95. The number of aliphatic carboxylic acids is 1. The number of carboxylic acid groups (broad SMARTS) is 1. The van der Waals surface area contributed by atoms with Gasteiger partial charge in [0.05, 0.1) is 27.9 Å². The molecular weight excluding hydrogens is 610 g/mol. The number of ether oxygens (including phenoxy) is 1. The van der Waals surface area contributed by atoms with Crippen molar-refractivity contribution in [1.82, 2.24) is 15.1 Å². The fourth-order valence-corrected chi connectivity index (χ4v) is 6.18. The van der Waals surface area contributed by atoms with Crippen molar-refractivity contribution in [3.8, 4) is 28.6 Å². The molecule has 0 aliphatic carbocycles. The number of hydrogen-bond donors (Lipinski definition) is 2. The maximum absolute atomic E-state index is 15.1. The average Bonchev–Trinajstić information content (AvgIpc) is 3.41. The van der Waals surface area contributed by atoms with Crippen LogP contribution in [0.2, 0.25) is 0 Å². The number of nitrogens with zero attached hydrogens (tertiary/aromatic N) is 5. The molecule has 1 aromatic carbocycles. The Bertz CT molecular complexity index is 1630. The van der Waals surface area contributed by atoms with Crippen LogP contribution in [0.25, 0.3) is 22.7 Å². The normalized spacial score (nSPS) is 21.4. The van der Waals surface area contributed by atoms with Gasteiger partial charge in [-0.1, -0.05) is 5.16 Å². The van der Waals surface area contributed by atoms with Gasteiger partial charge in [0.1, 0.15) is 33.3 Å². The van der Waals surface area contributed by atoms with Crippen LogP contribution >= 0.6 is 0 Å². The van der Waals surface area contributed by atoms with Crippen molar-refractivity contribution in [2.75, 3.05) is 19.4 Å². The van der Waals surface area contributed by atoms with Gasteiger partial charge in [0.25, 0.3) is 6.43 Å². The molecule has 18 heteroatoms. The van der Waals surface area contributed by atoms with E-state index in [0.717, 1.165) is 0 Å². The van der Waals surface area contributed by atoms with E-state index >= 15 is 4.39 Å². The molecule has 1 aliphatic rings. The average molecular weight is 637 g/mol. The van der Waals surface area contributed by atoms with Gasteiger partial charge in [-0.3, -0.25) is 4.99 Å². The Morgan fingerprint density at radius 2 is 1.84 bits per heavy atom. The lowest BCUT2D eigenvalue weighted by molar-refractivity contribution is -0.192. The van der Waals surface area contributed by atoms with Crippen LogP contribution in [0.15, 0.2) is 50.5 Å². The number of nitrogens with two attached hydrogens (primary N) is 1. The summed E-state index contributed by atoms with van der Waals surface area (Å²) in [6.07, 6.45) is -5.20. The zero-order valence-electron chi connectivity index (χ0n) is 23.0. The lowest BCUT2D eigenvalue weighted by Gasteiger charge is -2.40. The second-order valence-corrected chi connectivity index (χ2v) is 12.7. The standard InChI is InChI=1S/C23H25F3N6O3S.C2HF3O2/c1-22(2)21(27)31-23(3,12-36(22,33)28-4)14-7-13(5-6-15(14)24)18-8-16(32-35-18)17-9-30-20(10-29-17)34-11-19(25)26;3-2(4,5)1(6)7/h5-10,19H,11-12H2,1-4H3,(H2,27,31);(H,6,7)/t23-,36?;/m0./s1. The maximum atomic E-state index is 15.1. The Kier molecular flexibility index (Phi) is 9.43. The van der Waals surface area contributed by atoms with Crippen LogP contribution in [0.3, 0.4) is 0 Å². The van der Waals surface area contributed by atoms with Crippen LogP contribution in [-0.2, 0) is 20.1 Å². The highest BCUT2D eigenvalue weighted by Crippen LogP contribution is 2.40. The minimum Gasteiger partial charge on any atom is -0.475 e. The van der Waals surface area contributed by atoms with Crippen LogP contribution in [0.5, 0.6) is 5.88 Å². The molecule has 0 amide bonds. The van der Waals surface area contributed by atoms with Crippen LogP contribution in [-0.4, -0.2) is 73.0 Å². The largest absolute Gasteiger partial charge is 0.490 e. The minimum atomic E-state index is -5.08. The molecule has 1 aliphatic heterocycles. The number of hydrogen-bond acceptors (Lipinski definition) is 10. The molecule has 4 rings (SSSR count). The van der Waals surface area contributed by atoms with Crippen molar-refractivity contribution in [3.63, 3.8) is 0 Å². The lowest BCUT2D eigenvalue weighted by atomic mass is 9.91. The summed E-state index contributed by atoms with van der Waals surface area (Å²) in [5.74, 6) is -2.92. The molecule has 2 aromatic heterocycles. The fourth-order valence-electron chi connectivity index (χ4n) is 3.88. The fraction of sp³-hybridized carbons (Fsp3) is 0.400. The molecule has 43 heavy (non-hydrogen) atoms. The van der Waals surface area contributed by atoms with E-state index in [0.29, 0.717) is 22.7 Å². The quantitative estimate of drug-likeness (QED) is 0.366. The van der Waals surface area contributed by atoms with Gasteiger partial charge in [-0.2, -0.15) is 13.2 Å². The van der Waals surface area contributed by atoms with Crippen LogP contribution in [0.1, 0.15) is 26.3 Å². The molecular formula is C25H26F6N6O5S. The van der Waals surface area contributed by atoms with Gasteiger partial charge in [0, 0.05) is 24.2 Å². The Balaban J connectivity index is 0.000000646. The number of alkyl halides is 5. The first-order valence-corrected chi connectivity index (χ1v) is 13.8. The maximum Gasteiger partial charge on any atom is 0.490 e. The van der Waals surface area contributed by atoms with E-state index in [-0.39, 0.29) is 23.0 Å². The molecule has 11 nitrogen and oxygen atoms in total. The highest BCUT2D eigenvalue weighted by Gasteiger charge is 2.47. The molecule has 3 heterocycles. The first kappa shape index (κ1) is 33.3. The number of carbonyl (C=O) groups is 1. The molecule has 2 atom stereocenters. The van der Waals surface area contributed by atoms with Crippen molar-refractivity contribution >= 4 is 21.5 Å². The predicted molar refractivity (Wildman–Crippen MR) is 143 cm³/mol. The van der Waals surface area contributed by atoms with Crippen molar-refractivity contribution in [1.29, 1.82) is 0 Å². The Morgan fingerprint density at radius 3 is 2.37 bits per heavy atom. The van der Waals surface area contributed by atoms with Crippen molar-refractivity contribution in [3.05, 3.63) is 48.0 Å². The van der Waals surface area contributed by atoms with Gasteiger partial charge in [-0.25, -0.2) is 36.5 Å². The summed E-state index contributed by atoms with van der Waals surface area (Å²) in [7, 11) is -1.39. The zero-order valence-corrected chi connectivity index (χ0v) is 23.8. The summed E-state index contributed by atoms with van der Waals surface area (Å²) >= 11 is 0. The predicted octanol–water partition coefficient (Wildman–Crippen LogP) is 4.68. The third kappa shape index (κ3) is 7.23. The van der Waals surface area contributed by atoms with E-state index in [1.165, 1.54) is 31.6 Å². The number of carboxylic acids is 1. The van der Waals surface area contributed by atoms with E-state index < -0.39 is 51.0 Å². The molecule has 0 fully saturated rings. The Hall–Kier alpha value is -4.22. The summed E-state index contributed by atoms with van der Waals surface area (Å²) in [5.41, 5.74) is 6.29. The molecule has 234 valence electrons. The minimum absolute atomic E-state index is 0.0121. The summed E-state index contributed by atoms with van der Waals surface area (Å²) in [6, 6.07) is 5.91. The smallest absolute Gasteiger partial charge is 0.475 e. The van der Waals surface area contributed by atoms with Gasteiger partial charge in [0.15, 0.2) is 12.4 Å². The SMILES string of the molecule is CN=S1(=O)C[C@@](C)(c2cc(-c3cc(-c4cnc(OCC(F)F)cn4)no3)ccc2F)N=C(N)C1(C)C.O=C(O)C(F)(F)F. The Morgan fingerprint density at radius 1 is 1.19 bits per heavy atom. The van der Waals surface area contributed by atoms with E-state index in [4.69, 9.17) is 24.9 Å². The third-order valence-corrected chi connectivity index (χ3v) is 9.73. The van der Waals surface area contributed by atoms with E-state index in [1.807, 2.05) is 0 Å². The number of benzene rings is 1. The van der Waals surface area contributed by atoms with Crippen LogP contribution < -0.4 is 10.5 Å². The van der Waals surface area contributed by atoms with Gasteiger partial charge in [0.2, 0.25) is 5.88 Å². The molecule has 1 unspecified atom stereocenters. The Labute approximate surface area is 241 Å². The first-order chi connectivity index (χ1) is 19.8. The van der Waals surface area contributed by atoms with E-state index in [2.05, 4.69) is 24.5 Å². The topological polar surface area (TPSA) is 166 Å². The second kappa shape index (κ2) is 12.2. The first-order valence-electron chi connectivity index (χ1n) is 12.1. The van der Waals surface area contributed by atoms with Crippen molar-refractivity contribution in [2.24, 2.45) is 15.1 Å². The molecule has 0 spiro atoms. The van der Waals surface area contributed by atoms with Crippen LogP contribution in [0, 0.1) is 5.82 Å². The van der Waals surface area contributed by atoms with Gasteiger partial charge in [-0.15, -0.1) is 0 Å². The van der Waals surface area contributed by atoms with Crippen LogP contribution in [0.4, 0.5) is 26.3 Å². The summed E-state index contributed by atoms with van der Waals surface area (Å²) < 4.78 is 98.4. The number of rotatable bonds is 6. The molecule has 3 N–H and O–H groups in total. The molecule has 0 bridgehead atoms. The molecule has 0 saturated carbocycles. The monoisotopic (exact) mass is 636 g/mol. The lowest BCUT2D eigenvalue weighted by Crippen LogP contribution is -2.54. The van der Waals surface area contributed by atoms with Gasteiger partial charge >= 0.3 is 12.1 Å². The summed E-state index contributed by atoms with van der Waals surface area (Å²) in [4.78, 5) is 21.5. The van der Waals surface area contributed by atoms with E-state index in [1.54, 1.807) is 32.9 Å². The molecule has 3 aromatic rings. The van der Waals surface area contributed by atoms with Crippen molar-refractivity contribution in [2.45, 2.75) is 43.7 Å². The summed E-state index contributed by atoms with van der Waals surface area (Å²) in [6.45, 7) is 4.30. The van der Waals surface area contributed by atoms with E-state index in [9.17, 15) is 26.2 Å². The second-order valence-electron chi connectivity index (χ2n) is 9.76. The van der Waals surface area contributed by atoms with Gasteiger partial charge in [-0.05, 0) is 39.0 Å². The van der Waals surface area contributed by atoms with Gasteiger partial charge < -0.3 is 20.1 Å². The third-order valence-electron chi connectivity index (χ3n) is 6.38. The molecule has 0 saturated heterocycles. The number of amidine groups is 1. The highest BCUT2D eigenvalue weighted by atomic mass is 32.2. The zero-order chi connectivity index (χ0) is 32.4. The summed E-state index contributed by atoms with van der Waals surface area (Å²) in [5, 5.41) is 11.1. The number of halogens is 6. The number of aliphatic imine (C=N–C) groups is 1. The molecule has 0 radical (unpaired) electrons.